The number of aromatic carboxylic acids is 1. The fourth-order valence-corrected chi connectivity index (χ4v) is 5.43. The lowest BCUT2D eigenvalue weighted by Crippen LogP contribution is -2.38. The van der Waals surface area contributed by atoms with Crippen molar-refractivity contribution < 1.29 is 23.1 Å². The van der Waals surface area contributed by atoms with Gasteiger partial charge in [-0.1, -0.05) is 45.0 Å². The van der Waals surface area contributed by atoms with Crippen molar-refractivity contribution in [1.29, 1.82) is 0 Å². The quantitative estimate of drug-likeness (QED) is 0.209. The number of carbonyl (C=O) groups is 1. The number of ether oxygens (including phenoxy) is 1. The molecule has 1 atom stereocenters. The number of nitrogens with zero attached hydrogens (tertiary/aromatic N) is 5. The number of pyridine rings is 1. The highest BCUT2D eigenvalue weighted by molar-refractivity contribution is 7.92. The van der Waals surface area contributed by atoms with E-state index in [1.807, 2.05) is 32.0 Å². The first-order valence-corrected chi connectivity index (χ1v) is 15.1. The Labute approximate surface area is 251 Å². The maximum atomic E-state index is 13.2. The molecule has 0 amide bonds. The molecule has 0 aliphatic rings. The molecular weight excluding hydrogens is 570 g/mol. The van der Waals surface area contributed by atoms with Crippen LogP contribution in [0.3, 0.4) is 0 Å². The summed E-state index contributed by atoms with van der Waals surface area (Å²) in [4.78, 5) is 32.5. The van der Waals surface area contributed by atoms with E-state index in [-0.39, 0.29) is 29.9 Å². The van der Waals surface area contributed by atoms with Crippen molar-refractivity contribution in [3.63, 3.8) is 0 Å². The fourth-order valence-electron chi connectivity index (χ4n) is 4.52. The van der Waals surface area contributed by atoms with Crippen molar-refractivity contribution >= 4 is 21.9 Å². The number of hydrogen-bond acceptors (Lipinski definition) is 10. The molecule has 0 bridgehead atoms. The van der Waals surface area contributed by atoms with Crippen molar-refractivity contribution in [3.8, 4) is 17.1 Å². The van der Waals surface area contributed by atoms with Gasteiger partial charge in [0.2, 0.25) is 11.8 Å². The van der Waals surface area contributed by atoms with Gasteiger partial charge in [-0.2, -0.15) is 13.4 Å². The van der Waals surface area contributed by atoms with Crippen LogP contribution in [0.2, 0.25) is 0 Å². The zero-order valence-electron chi connectivity index (χ0n) is 24.7. The van der Waals surface area contributed by atoms with E-state index in [4.69, 9.17) is 4.74 Å². The molecule has 13 heteroatoms. The Hall–Kier alpha value is -4.49. The van der Waals surface area contributed by atoms with E-state index in [0.717, 1.165) is 23.1 Å². The van der Waals surface area contributed by atoms with Crippen LogP contribution in [0.25, 0.3) is 11.3 Å². The van der Waals surface area contributed by atoms with E-state index in [2.05, 4.69) is 55.7 Å². The maximum absolute atomic E-state index is 13.2. The lowest BCUT2D eigenvalue weighted by Gasteiger charge is -2.26. The summed E-state index contributed by atoms with van der Waals surface area (Å²) in [5.74, 6) is -0.777. The second-order valence-corrected chi connectivity index (χ2v) is 12.9. The van der Waals surface area contributed by atoms with Crippen molar-refractivity contribution in [3.05, 3.63) is 83.6 Å². The Bertz CT molecular complexity index is 1670. The number of benzene rings is 1. The highest BCUT2D eigenvalue weighted by atomic mass is 32.2. The number of sulfonamides is 1. The third-order valence-electron chi connectivity index (χ3n) is 6.34. The second kappa shape index (κ2) is 13.2. The predicted octanol–water partition coefficient (Wildman–Crippen LogP) is 4.42. The normalized spacial score (nSPS) is 12.5. The summed E-state index contributed by atoms with van der Waals surface area (Å²) in [5.41, 5.74) is 2.71. The molecule has 0 fully saturated rings. The minimum Gasteiger partial charge on any atom is -0.477 e. The van der Waals surface area contributed by atoms with E-state index in [1.165, 1.54) is 18.2 Å². The Morgan fingerprint density at radius 3 is 2.30 bits per heavy atom. The van der Waals surface area contributed by atoms with Crippen LogP contribution in [0.1, 0.15) is 54.6 Å². The molecule has 0 aliphatic heterocycles. The van der Waals surface area contributed by atoms with Crippen molar-refractivity contribution in [2.75, 3.05) is 11.3 Å². The van der Waals surface area contributed by atoms with Crippen LogP contribution in [-0.4, -0.2) is 57.1 Å². The first-order valence-electron chi connectivity index (χ1n) is 13.6. The molecular formula is C30H35N7O5S. The summed E-state index contributed by atoms with van der Waals surface area (Å²) in [6, 6.07) is 12.8. The van der Waals surface area contributed by atoms with E-state index < -0.39 is 26.7 Å². The van der Waals surface area contributed by atoms with Gasteiger partial charge in [-0.25, -0.2) is 29.5 Å². The molecule has 0 saturated heterocycles. The van der Waals surface area contributed by atoms with Crippen LogP contribution < -0.4 is 14.8 Å². The number of carboxylic acids is 1. The third-order valence-corrected chi connectivity index (χ3v) is 7.57. The summed E-state index contributed by atoms with van der Waals surface area (Å²) >= 11 is 0. The van der Waals surface area contributed by atoms with Crippen LogP contribution in [0.5, 0.6) is 5.88 Å². The average molecular weight is 606 g/mol. The summed E-state index contributed by atoms with van der Waals surface area (Å²) in [7, 11) is -4.33. The molecule has 12 nitrogen and oxygen atoms in total. The van der Waals surface area contributed by atoms with Gasteiger partial charge in [0.1, 0.15) is 18.1 Å². The number of carboxylic acid groups (broad SMARTS) is 1. The van der Waals surface area contributed by atoms with Crippen LogP contribution in [0.4, 0.5) is 5.95 Å². The van der Waals surface area contributed by atoms with Gasteiger partial charge in [0, 0.05) is 30.1 Å². The van der Waals surface area contributed by atoms with E-state index >= 15 is 0 Å². The first-order chi connectivity index (χ1) is 20.3. The predicted molar refractivity (Wildman–Crippen MR) is 161 cm³/mol. The lowest BCUT2D eigenvalue weighted by molar-refractivity contribution is 0.0689. The van der Waals surface area contributed by atoms with E-state index in [9.17, 15) is 18.3 Å². The Morgan fingerprint density at radius 2 is 1.65 bits per heavy atom. The second-order valence-electron chi connectivity index (χ2n) is 11.3. The minimum atomic E-state index is -4.33. The Kier molecular flexibility index (Phi) is 9.66. The van der Waals surface area contributed by atoms with Crippen LogP contribution in [0.15, 0.2) is 66.0 Å². The highest BCUT2D eigenvalue weighted by Gasteiger charge is 2.23. The van der Waals surface area contributed by atoms with Crippen LogP contribution >= 0.6 is 0 Å². The van der Waals surface area contributed by atoms with Gasteiger partial charge in [-0.3, -0.25) is 0 Å². The molecule has 0 spiro atoms. The number of nitrogens with one attached hydrogen (secondary N) is 2. The molecule has 4 aromatic rings. The van der Waals surface area contributed by atoms with Gasteiger partial charge < -0.3 is 15.2 Å². The smallest absolute Gasteiger partial charge is 0.354 e. The zero-order chi connectivity index (χ0) is 31.2. The molecule has 43 heavy (non-hydrogen) atoms. The van der Waals surface area contributed by atoms with Gasteiger partial charge in [-0.05, 0) is 55.0 Å². The van der Waals surface area contributed by atoms with E-state index in [0.29, 0.717) is 18.1 Å². The number of hydrogen-bond donors (Lipinski definition) is 3. The fraction of sp³-hybridized carbons (Fsp3) is 0.333. The number of anilines is 1. The summed E-state index contributed by atoms with van der Waals surface area (Å²) in [5, 5.41) is 12.2. The lowest BCUT2D eigenvalue weighted by atomic mass is 9.88. The third kappa shape index (κ3) is 8.75. The molecule has 0 radical (unpaired) electrons. The highest BCUT2D eigenvalue weighted by Crippen LogP contribution is 2.30. The molecule has 1 aromatic carbocycles. The van der Waals surface area contributed by atoms with Crippen molar-refractivity contribution in [1.82, 2.24) is 30.2 Å². The molecule has 0 saturated carbocycles. The summed E-state index contributed by atoms with van der Waals surface area (Å²) < 4.78 is 34.9. The molecule has 3 N–H and O–H groups in total. The van der Waals surface area contributed by atoms with Gasteiger partial charge in [0.15, 0.2) is 5.03 Å². The SMILES string of the molecule is Cc1cccc(C)c1-c1cc(OC[C@@H](CC(C)(C)C)NCc2ncccn2)nc(NS(=O)(=O)c2cccc(C(=O)O)n2)n1. The Morgan fingerprint density at radius 1 is 0.977 bits per heavy atom. The van der Waals surface area contributed by atoms with Gasteiger partial charge in [0.05, 0.1) is 12.2 Å². The maximum Gasteiger partial charge on any atom is 0.354 e. The van der Waals surface area contributed by atoms with Crippen molar-refractivity contribution in [2.24, 2.45) is 5.41 Å². The Balaban J connectivity index is 1.66. The largest absolute Gasteiger partial charge is 0.477 e. The summed E-state index contributed by atoms with van der Waals surface area (Å²) in [6.07, 6.45) is 4.14. The zero-order valence-corrected chi connectivity index (χ0v) is 25.5. The molecule has 3 aromatic heterocycles. The standard InChI is InChI=1S/C30H35N7O5S/c1-19-9-6-10-20(2)27(19)23-15-25(42-18-21(16-30(3,4)5)33-17-24-31-13-8-14-32-24)36-29(35-23)37-43(40,41)26-12-7-11-22(34-26)28(38)39/h6-15,21,33H,16-18H2,1-5H3,(H,38,39)(H,35,36,37)/t21-/m1/s1. The van der Waals surface area contributed by atoms with Gasteiger partial charge in [0.25, 0.3) is 10.0 Å². The number of aromatic nitrogens is 5. The molecule has 226 valence electrons. The minimum absolute atomic E-state index is 0.0219. The monoisotopic (exact) mass is 605 g/mol. The number of aryl methyl sites for hydroxylation is 2. The van der Waals surface area contributed by atoms with Crippen LogP contribution in [0, 0.1) is 19.3 Å². The van der Waals surface area contributed by atoms with E-state index in [1.54, 1.807) is 24.5 Å². The van der Waals surface area contributed by atoms with Crippen LogP contribution in [-0.2, 0) is 16.6 Å². The summed E-state index contributed by atoms with van der Waals surface area (Å²) in [6.45, 7) is 10.9. The topological polar surface area (TPSA) is 169 Å². The van der Waals surface area contributed by atoms with Crippen molar-refractivity contribution in [2.45, 2.75) is 58.7 Å². The first kappa shape index (κ1) is 31.4. The van der Waals surface area contributed by atoms with Gasteiger partial charge in [-0.15, -0.1) is 0 Å². The van der Waals surface area contributed by atoms with Gasteiger partial charge >= 0.3 is 5.97 Å². The molecule has 0 aliphatic carbocycles. The average Bonchev–Trinajstić information content (AvgIpc) is 2.94. The number of rotatable bonds is 12. The molecule has 3 heterocycles. The molecule has 0 unspecified atom stereocenters. The molecule has 4 rings (SSSR count).